The quantitative estimate of drug-likeness (QED) is 0.842. The fourth-order valence-corrected chi connectivity index (χ4v) is 3.19. The average molecular weight is 331 g/mol. The lowest BCUT2D eigenvalue weighted by Crippen LogP contribution is -2.26. The summed E-state index contributed by atoms with van der Waals surface area (Å²) in [5.41, 5.74) is 3.62. The van der Waals surface area contributed by atoms with Gasteiger partial charge in [-0.2, -0.15) is 0 Å². The zero-order valence-electron chi connectivity index (χ0n) is 13.7. The highest BCUT2D eigenvalue weighted by molar-refractivity contribution is 6.30. The second-order valence-electron chi connectivity index (χ2n) is 6.21. The van der Waals surface area contributed by atoms with Gasteiger partial charge in [-0.05, 0) is 62.9 Å². The van der Waals surface area contributed by atoms with Crippen molar-refractivity contribution in [2.45, 2.75) is 19.1 Å². The largest absolute Gasteiger partial charge is 0.489 e. The van der Waals surface area contributed by atoms with Crippen molar-refractivity contribution in [3.05, 3.63) is 64.2 Å². The minimum Gasteiger partial charge on any atom is -0.489 e. The summed E-state index contributed by atoms with van der Waals surface area (Å²) < 4.78 is 6.00. The maximum atomic E-state index is 6.24. The van der Waals surface area contributed by atoms with Crippen molar-refractivity contribution in [1.82, 2.24) is 10.2 Å². The molecule has 4 heteroatoms. The van der Waals surface area contributed by atoms with Gasteiger partial charge in [0.1, 0.15) is 12.4 Å². The van der Waals surface area contributed by atoms with Crippen LogP contribution in [0, 0.1) is 0 Å². The van der Waals surface area contributed by atoms with Crippen LogP contribution in [0.25, 0.3) is 0 Å². The standard InChI is InChI=1S/C19H23ClN2O/c1-22(2)11-5-10-21-19-16-7-4-3-6-14(16)13-23-18-9-8-15(20)12-17(18)19/h3-4,6-9,12,19,21H,5,10-11,13H2,1-2H3. The molecule has 23 heavy (non-hydrogen) atoms. The van der Waals surface area contributed by atoms with E-state index in [0.717, 1.165) is 35.8 Å². The summed E-state index contributed by atoms with van der Waals surface area (Å²) >= 11 is 6.24. The van der Waals surface area contributed by atoms with Crippen LogP contribution in [0.3, 0.4) is 0 Å². The molecule has 1 atom stereocenters. The van der Waals surface area contributed by atoms with Crippen molar-refractivity contribution in [2.24, 2.45) is 0 Å². The van der Waals surface area contributed by atoms with Crippen LogP contribution in [0.1, 0.15) is 29.2 Å². The number of ether oxygens (including phenoxy) is 1. The van der Waals surface area contributed by atoms with Crippen molar-refractivity contribution in [1.29, 1.82) is 0 Å². The van der Waals surface area contributed by atoms with E-state index in [1.165, 1.54) is 11.1 Å². The molecule has 1 heterocycles. The molecule has 1 aliphatic rings. The van der Waals surface area contributed by atoms with Gasteiger partial charge in [0.05, 0.1) is 6.04 Å². The van der Waals surface area contributed by atoms with Gasteiger partial charge in [0.15, 0.2) is 0 Å². The van der Waals surface area contributed by atoms with Crippen molar-refractivity contribution in [3.63, 3.8) is 0 Å². The minimum atomic E-state index is 0.115. The molecule has 0 spiro atoms. The molecule has 0 saturated carbocycles. The van der Waals surface area contributed by atoms with E-state index in [2.05, 4.69) is 48.6 Å². The van der Waals surface area contributed by atoms with Crippen molar-refractivity contribution in [3.8, 4) is 5.75 Å². The smallest absolute Gasteiger partial charge is 0.125 e. The Morgan fingerprint density at radius 3 is 2.83 bits per heavy atom. The molecule has 3 nitrogen and oxygen atoms in total. The lowest BCUT2D eigenvalue weighted by molar-refractivity contribution is 0.306. The van der Waals surface area contributed by atoms with Gasteiger partial charge in [0.25, 0.3) is 0 Å². The predicted octanol–water partition coefficient (Wildman–Crippen LogP) is 3.86. The van der Waals surface area contributed by atoms with Gasteiger partial charge in [-0.3, -0.25) is 0 Å². The maximum Gasteiger partial charge on any atom is 0.125 e. The molecule has 0 fully saturated rings. The highest BCUT2D eigenvalue weighted by Crippen LogP contribution is 2.37. The van der Waals surface area contributed by atoms with Crippen LogP contribution >= 0.6 is 11.6 Å². The molecule has 0 radical (unpaired) electrons. The maximum absolute atomic E-state index is 6.24. The Bertz CT molecular complexity index is 672. The first kappa shape index (κ1) is 16.3. The van der Waals surface area contributed by atoms with E-state index in [1.807, 2.05) is 18.2 Å². The first-order valence-electron chi connectivity index (χ1n) is 8.03. The highest BCUT2D eigenvalue weighted by atomic mass is 35.5. The number of rotatable bonds is 5. The van der Waals surface area contributed by atoms with Crippen LogP contribution in [-0.2, 0) is 6.61 Å². The van der Waals surface area contributed by atoms with E-state index in [-0.39, 0.29) is 6.04 Å². The Labute approximate surface area is 143 Å². The second-order valence-corrected chi connectivity index (χ2v) is 6.65. The summed E-state index contributed by atoms with van der Waals surface area (Å²) in [4.78, 5) is 2.21. The molecule has 122 valence electrons. The molecule has 0 amide bonds. The third-order valence-corrected chi connectivity index (χ3v) is 4.40. The van der Waals surface area contributed by atoms with Gasteiger partial charge in [0.2, 0.25) is 0 Å². The molecule has 1 aliphatic heterocycles. The topological polar surface area (TPSA) is 24.5 Å². The van der Waals surface area contributed by atoms with Gasteiger partial charge in [-0.25, -0.2) is 0 Å². The predicted molar refractivity (Wildman–Crippen MR) is 95.2 cm³/mol. The van der Waals surface area contributed by atoms with Crippen LogP contribution in [-0.4, -0.2) is 32.1 Å². The fourth-order valence-electron chi connectivity index (χ4n) is 3.01. The average Bonchev–Trinajstić information content (AvgIpc) is 2.68. The Hall–Kier alpha value is -1.55. The highest BCUT2D eigenvalue weighted by Gasteiger charge is 2.24. The Kier molecular flexibility index (Phi) is 5.21. The summed E-state index contributed by atoms with van der Waals surface area (Å²) in [6.07, 6.45) is 1.10. The summed E-state index contributed by atoms with van der Waals surface area (Å²) in [5, 5.41) is 4.43. The summed E-state index contributed by atoms with van der Waals surface area (Å²) in [5.74, 6) is 0.913. The summed E-state index contributed by atoms with van der Waals surface area (Å²) in [7, 11) is 4.20. The molecule has 0 aromatic heterocycles. The van der Waals surface area contributed by atoms with Gasteiger partial charge in [-0.1, -0.05) is 35.9 Å². The van der Waals surface area contributed by atoms with E-state index < -0.39 is 0 Å². The lowest BCUT2D eigenvalue weighted by atomic mass is 9.95. The van der Waals surface area contributed by atoms with E-state index in [1.54, 1.807) is 0 Å². The molecule has 0 bridgehead atoms. The molecular formula is C19H23ClN2O. The number of nitrogens with one attached hydrogen (secondary N) is 1. The molecule has 2 aromatic carbocycles. The zero-order valence-corrected chi connectivity index (χ0v) is 14.4. The number of halogens is 1. The van der Waals surface area contributed by atoms with Gasteiger partial charge < -0.3 is 15.0 Å². The molecule has 3 rings (SSSR count). The number of nitrogens with zero attached hydrogens (tertiary/aromatic N) is 1. The van der Waals surface area contributed by atoms with Crippen molar-refractivity contribution >= 4 is 11.6 Å². The normalized spacial score (nSPS) is 16.4. The van der Waals surface area contributed by atoms with Crippen molar-refractivity contribution in [2.75, 3.05) is 27.2 Å². The first-order chi connectivity index (χ1) is 11.1. The molecule has 1 unspecified atom stereocenters. The molecule has 1 N–H and O–H groups in total. The van der Waals surface area contributed by atoms with Crippen LogP contribution in [0.5, 0.6) is 5.75 Å². The number of hydrogen-bond donors (Lipinski definition) is 1. The number of fused-ring (bicyclic) bond motifs is 2. The minimum absolute atomic E-state index is 0.115. The summed E-state index contributed by atoms with van der Waals surface area (Å²) in [6, 6.07) is 14.5. The first-order valence-corrected chi connectivity index (χ1v) is 8.41. The van der Waals surface area contributed by atoms with E-state index >= 15 is 0 Å². The van der Waals surface area contributed by atoms with E-state index in [0.29, 0.717) is 6.61 Å². The van der Waals surface area contributed by atoms with E-state index in [4.69, 9.17) is 16.3 Å². The van der Waals surface area contributed by atoms with Gasteiger partial charge in [0, 0.05) is 10.6 Å². The van der Waals surface area contributed by atoms with Crippen LogP contribution in [0.15, 0.2) is 42.5 Å². The number of hydrogen-bond acceptors (Lipinski definition) is 3. The van der Waals surface area contributed by atoms with Crippen LogP contribution < -0.4 is 10.1 Å². The molecule has 2 aromatic rings. The lowest BCUT2D eigenvalue weighted by Gasteiger charge is -2.21. The van der Waals surface area contributed by atoms with Gasteiger partial charge in [-0.15, -0.1) is 0 Å². The Balaban J connectivity index is 1.90. The number of benzene rings is 2. The van der Waals surface area contributed by atoms with Crippen molar-refractivity contribution < 1.29 is 4.74 Å². The Morgan fingerprint density at radius 2 is 2.00 bits per heavy atom. The third kappa shape index (κ3) is 3.86. The summed E-state index contributed by atoms with van der Waals surface area (Å²) in [6.45, 7) is 2.62. The van der Waals surface area contributed by atoms with E-state index in [9.17, 15) is 0 Å². The third-order valence-electron chi connectivity index (χ3n) is 4.16. The molecule has 0 saturated heterocycles. The van der Waals surface area contributed by atoms with Crippen LogP contribution in [0.4, 0.5) is 0 Å². The SMILES string of the molecule is CN(C)CCCNC1c2ccccc2COc2ccc(Cl)cc21. The van der Waals surface area contributed by atoms with Crippen LogP contribution in [0.2, 0.25) is 5.02 Å². The Morgan fingerprint density at radius 1 is 1.17 bits per heavy atom. The molecular weight excluding hydrogens is 308 g/mol. The van der Waals surface area contributed by atoms with Gasteiger partial charge >= 0.3 is 0 Å². The monoisotopic (exact) mass is 330 g/mol. The molecule has 0 aliphatic carbocycles. The fraction of sp³-hybridized carbons (Fsp3) is 0.368. The zero-order chi connectivity index (χ0) is 16.2. The second kappa shape index (κ2) is 7.35.